The number of benzene rings is 2. The Kier molecular flexibility index (Phi) is 7.09. The third-order valence-corrected chi connectivity index (χ3v) is 6.98. The van der Waals surface area contributed by atoms with Crippen LogP contribution in [0.4, 0.5) is 5.69 Å². The Morgan fingerprint density at radius 3 is 2.52 bits per heavy atom. The number of ether oxygens (including phenoxy) is 1. The molecule has 8 nitrogen and oxygen atoms in total. The Bertz CT molecular complexity index is 1080. The van der Waals surface area contributed by atoms with Crippen molar-refractivity contribution in [3.63, 3.8) is 0 Å². The summed E-state index contributed by atoms with van der Waals surface area (Å²) in [6.07, 6.45) is 0. The van der Waals surface area contributed by atoms with Gasteiger partial charge in [0.25, 0.3) is 5.91 Å². The first kappa shape index (κ1) is 22.9. The molecular formula is C22H27N3O5S. The van der Waals surface area contributed by atoms with Gasteiger partial charge in [-0.1, -0.05) is 18.2 Å². The largest absolute Gasteiger partial charge is 0.379 e. The summed E-state index contributed by atoms with van der Waals surface area (Å²) in [4.78, 5) is 26.6. The Morgan fingerprint density at radius 1 is 1.10 bits per heavy atom. The van der Waals surface area contributed by atoms with E-state index in [0.717, 1.165) is 11.1 Å². The SMILES string of the molecule is Cc1ccc(C)c(NC(=O)CN(C)C(=O)c2cccc(S(=O)(=O)N3CCOCC3)c2)c1. The molecule has 31 heavy (non-hydrogen) atoms. The minimum Gasteiger partial charge on any atom is -0.379 e. The van der Waals surface area contributed by atoms with Crippen LogP contribution in [0.1, 0.15) is 21.5 Å². The van der Waals surface area contributed by atoms with Crippen LogP contribution in [0.5, 0.6) is 0 Å². The van der Waals surface area contributed by atoms with Crippen LogP contribution >= 0.6 is 0 Å². The summed E-state index contributed by atoms with van der Waals surface area (Å²) in [5, 5.41) is 2.82. The standard InChI is InChI=1S/C22H27N3O5S/c1-16-7-8-17(2)20(13-16)23-21(26)15-24(3)22(27)18-5-4-6-19(14-18)31(28,29)25-9-11-30-12-10-25/h4-8,13-14H,9-12,15H2,1-3H3,(H,23,26). The molecule has 0 aliphatic carbocycles. The predicted molar refractivity (Wildman–Crippen MR) is 118 cm³/mol. The number of nitrogens with one attached hydrogen (secondary N) is 1. The van der Waals surface area contributed by atoms with E-state index in [0.29, 0.717) is 18.9 Å². The van der Waals surface area contributed by atoms with Crippen molar-refractivity contribution < 1.29 is 22.7 Å². The molecule has 2 amide bonds. The van der Waals surface area contributed by atoms with Crippen molar-refractivity contribution in [3.05, 3.63) is 59.2 Å². The number of likely N-dealkylation sites (N-methyl/N-ethyl adjacent to an activating group) is 1. The zero-order valence-electron chi connectivity index (χ0n) is 17.9. The topological polar surface area (TPSA) is 96.0 Å². The van der Waals surface area contributed by atoms with Crippen molar-refractivity contribution in [2.75, 3.05) is 45.2 Å². The lowest BCUT2D eigenvalue weighted by Gasteiger charge is -2.26. The number of amides is 2. The van der Waals surface area contributed by atoms with E-state index in [4.69, 9.17) is 4.74 Å². The molecule has 1 heterocycles. The number of aryl methyl sites for hydroxylation is 2. The lowest BCUT2D eigenvalue weighted by atomic mass is 10.1. The molecule has 1 N–H and O–H groups in total. The van der Waals surface area contributed by atoms with Crippen LogP contribution in [0.15, 0.2) is 47.4 Å². The fraction of sp³-hybridized carbons (Fsp3) is 0.364. The van der Waals surface area contributed by atoms with Crippen LogP contribution in [0.25, 0.3) is 0 Å². The van der Waals surface area contributed by atoms with Gasteiger partial charge in [-0.05, 0) is 49.2 Å². The van der Waals surface area contributed by atoms with Gasteiger partial charge in [-0.15, -0.1) is 0 Å². The first-order valence-electron chi connectivity index (χ1n) is 9.99. The van der Waals surface area contributed by atoms with Crippen LogP contribution in [-0.2, 0) is 19.6 Å². The third-order valence-electron chi connectivity index (χ3n) is 5.08. The Morgan fingerprint density at radius 2 is 1.81 bits per heavy atom. The van der Waals surface area contributed by atoms with Crippen molar-refractivity contribution in [2.24, 2.45) is 0 Å². The Labute approximate surface area is 182 Å². The van der Waals surface area contributed by atoms with Gasteiger partial charge in [0.15, 0.2) is 0 Å². The number of nitrogens with zero attached hydrogens (tertiary/aromatic N) is 2. The van der Waals surface area contributed by atoms with Gasteiger partial charge >= 0.3 is 0 Å². The summed E-state index contributed by atoms with van der Waals surface area (Å²) in [7, 11) is -2.20. The summed E-state index contributed by atoms with van der Waals surface area (Å²) in [6.45, 7) is 4.91. The van der Waals surface area contributed by atoms with Gasteiger partial charge in [0, 0.05) is 31.4 Å². The Hall–Kier alpha value is -2.75. The maximum atomic E-state index is 12.9. The van der Waals surface area contributed by atoms with E-state index in [-0.39, 0.29) is 36.0 Å². The van der Waals surface area contributed by atoms with Crippen molar-refractivity contribution in [2.45, 2.75) is 18.7 Å². The molecule has 1 saturated heterocycles. The van der Waals surface area contributed by atoms with Gasteiger partial charge in [-0.2, -0.15) is 4.31 Å². The Balaban J connectivity index is 1.70. The molecule has 2 aromatic rings. The predicted octanol–water partition coefficient (Wildman–Crippen LogP) is 2.04. The molecule has 1 aliphatic heterocycles. The first-order valence-corrected chi connectivity index (χ1v) is 11.4. The molecule has 0 spiro atoms. The highest BCUT2D eigenvalue weighted by molar-refractivity contribution is 7.89. The van der Waals surface area contributed by atoms with Gasteiger partial charge < -0.3 is 15.0 Å². The molecule has 0 bridgehead atoms. The first-order chi connectivity index (χ1) is 14.7. The highest BCUT2D eigenvalue weighted by atomic mass is 32.2. The maximum Gasteiger partial charge on any atom is 0.254 e. The number of rotatable bonds is 6. The van der Waals surface area contributed by atoms with Gasteiger partial charge in [0.1, 0.15) is 0 Å². The summed E-state index contributed by atoms with van der Waals surface area (Å²) in [6, 6.07) is 11.6. The van der Waals surface area contributed by atoms with E-state index in [2.05, 4.69) is 5.32 Å². The number of hydrogen-bond acceptors (Lipinski definition) is 5. The smallest absolute Gasteiger partial charge is 0.254 e. The average Bonchev–Trinajstić information content (AvgIpc) is 2.76. The minimum atomic E-state index is -3.71. The fourth-order valence-electron chi connectivity index (χ4n) is 3.29. The second-order valence-electron chi connectivity index (χ2n) is 7.57. The van der Waals surface area contributed by atoms with E-state index in [1.807, 2.05) is 32.0 Å². The third kappa shape index (κ3) is 5.49. The van der Waals surface area contributed by atoms with Crippen molar-refractivity contribution in [3.8, 4) is 0 Å². The highest BCUT2D eigenvalue weighted by Gasteiger charge is 2.27. The van der Waals surface area contributed by atoms with Crippen LogP contribution in [0.3, 0.4) is 0 Å². The van der Waals surface area contributed by atoms with E-state index in [9.17, 15) is 18.0 Å². The number of carbonyl (C=O) groups is 2. The second kappa shape index (κ2) is 9.59. The van der Waals surface area contributed by atoms with E-state index in [1.165, 1.54) is 34.5 Å². The number of hydrogen-bond donors (Lipinski definition) is 1. The maximum absolute atomic E-state index is 12.9. The summed E-state index contributed by atoms with van der Waals surface area (Å²) >= 11 is 0. The molecule has 2 aromatic carbocycles. The van der Waals surface area contributed by atoms with Crippen LogP contribution in [0.2, 0.25) is 0 Å². The second-order valence-corrected chi connectivity index (χ2v) is 9.51. The number of morpholine rings is 1. The minimum absolute atomic E-state index is 0.0495. The molecule has 9 heteroatoms. The van der Waals surface area contributed by atoms with Crippen molar-refractivity contribution >= 4 is 27.5 Å². The zero-order chi connectivity index (χ0) is 22.6. The number of carbonyl (C=O) groups excluding carboxylic acids is 2. The van der Waals surface area contributed by atoms with Gasteiger partial charge in [-0.3, -0.25) is 9.59 Å². The molecule has 166 valence electrons. The van der Waals surface area contributed by atoms with Gasteiger partial charge in [0.05, 0.1) is 24.7 Å². The summed E-state index contributed by atoms with van der Waals surface area (Å²) in [5.41, 5.74) is 2.85. The van der Waals surface area contributed by atoms with Crippen molar-refractivity contribution in [1.82, 2.24) is 9.21 Å². The number of anilines is 1. The molecular weight excluding hydrogens is 418 g/mol. The monoisotopic (exact) mass is 445 g/mol. The molecule has 0 unspecified atom stereocenters. The van der Waals surface area contributed by atoms with Crippen molar-refractivity contribution in [1.29, 1.82) is 0 Å². The molecule has 0 aromatic heterocycles. The van der Waals surface area contributed by atoms with Crippen LogP contribution in [0, 0.1) is 13.8 Å². The molecule has 0 saturated carbocycles. The van der Waals surface area contributed by atoms with Crippen LogP contribution < -0.4 is 5.32 Å². The van der Waals surface area contributed by atoms with Crippen LogP contribution in [-0.4, -0.2) is 69.3 Å². The van der Waals surface area contributed by atoms with E-state index >= 15 is 0 Å². The molecule has 1 aliphatic rings. The van der Waals surface area contributed by atoms with Gasteiger partial charge in [-0.25, -0.2) is 8.42 Å². The summed E-state index contributed by atoms with van der Waals surface area (Å²) < 4.78 is 32.3. The molecule has 0 radical (unpaired) electrons. The lowest BCUT2D eigenvalue weighted by Crippen LogP contribution is -2.40. The lowest BCUT2D eigenvalue weighted by molar-refractivity contribution is -0.116. The molecule has 0 atom stereocenters. The molecule has 3 rings (SSSR count). The fourth-order valence-corrected chi connectivity index (χ4v) is 4.75. The quantitative estimate of drug-likeness (QED) is 0.734. The summed E-state index contributed by atoms with van der Waals surface area (Å²) in [5.74, 6) is -0.767. The van der Waals surface area contributed by atoms with E-state index in [1.54, 1.807) is 6.07 Å². The van der Waals surface area contributed by atoms with Gasteiger partial charge in [0.2, 0.25) is 15.9 Å². The molecule has 1 fully saturated rings. The van der Waals surface area contributed by atoms with E-state index < -0.39 is 15.9 Å². The normalized spacial score (nSPS) is 14.8. The number of sulfonamides is 1. The highest BCUT2D eigenvalue weighted by Crippen LogP contribution is 2.19. The zero-order valence-corrected chi connectivity index (χ0v) is 18.7. The average molecular weight is 446 g/mol.